The summed E-state index contributed by atoms with van der Waals surface area (Å²) in [5.74, 6) is -0.00352. The maximum Gasteiger partial charge on any atom is 0.213 e. The van der Waals surface area contributed by atoms with E-state index in [0.29, 0.717) is 5.69 Å². The molecule has 1 heterocycles. The first-order chi connectivity index (χ1) is 7.59. The first-order valence-corrected chi connectivity index (χ1v) is 5.20. The molecular formula is C13H14N2O. The molecular weight excluding hydrogens is 200 g/mol. The van der Waals surface area contributed by atoms with Gasteiger partial charge in [-0.05, 0) is 31.0 Å². The Morgan fingerprint density at radius 2 is 1.81 bits per heavy atom. The summed E-state index contributed by atoms with van der Waals surface area (Å²) in [4.78, 5) is 12.2. The number of rotatable bonds is 2. The molecule has 0 saturated carbocycles. The zero-order valence-corrected chi connectivity index (χ0v) is 9.69. The molecule has 0 spiro atoms. The van der Waals surface area contributed by atoms with Crippen LogP contribution in [0.1, 0.15) is 27.2 Å². The maximum atomic E-state index is 12.2. The van der Waals surface area contributed by atoms with Crippen molar-refractivity contribution in [3.8, 4) is 0 Å². The van der Waals surface area contributed by atoms with E-state index in [-0.39, 0.29) is 5.78 Å². The van der Waals surface area contributed by atoms with E-state index in [9.17, 15) is 4.79 Å². The molecule has 0 unspecified atom stereocenters. The molecule has 2 rings (SSSR count). The van der Waals surface area contributed by atoms with Crippen molar-refractivity contribution in [2.75, 3.05) is 0 Å². The Bertz CT molecular complexity index is 520. The number of carbonyl (C=O) groups excluding carboxylic acids is 1. The molecule has 3 heteroatoms. The summed E-state index contributed by atoms with van der Waals surface area (Å²) >= 11 is 0. The fourth-order valence-corrected chi connectivity index (χ4v) is 1.84. The van der Waals surface area contributed by atoms with Crippen LogP contribution < -0.4 is 0 Å². The number of aromatic nitrogens is 2. The van der Waals surface area contributed by atoms with Gasteiger partial charge in [-0.3, -0.25) is 9.48 Å². The summed E-state index contributed by atoms with van der Waals surface area (Å²) in [6, 6.07) is 7.60. The highest BCUT2D eigenvalue weighted by Gasteiger charge is 2.15. The number of aryl methyl sites for hydroxylation is 3. The lowest BCUT2D eigenvalue weighted by Gasteiger charge is -2.06. The normalized spacial score (nSPS) is 10.4. The predicted molar refractivity (Wildman–Crippen MR) is 62.6 cm³/mol. The van der Waals surface area contributed by atoms with Crippen LogP contribution in [0.3, 0.4) is 0 Å². The Morgan fingerprint density at radius 3 is 2.31 bits per heavy atom. The molecule has 0 aliphatic heterocycles. The van der Waals surface area contributed by atoms with Crippen LogP contribution in [-0.4, -0.2) is 15.6 Å². The minimum absolute atomic E-state index is 0.00352. The number of hydrogen-bond acceptors (Lipinski definition) is 2. The molecule has 0 aliphatic carbocycles. The number of carbonyl (C=O) groups is 1. The van der Waals surface area contributed by atoms with Gasteiger partial charge in [-0.15, -0.1) is 0 Å². The van der Waals surface area contributed by atoms with E-state index < -0.39 is 0 Å². The Labute approximate surface area is 94.7 Å². The molecule has 0 atom stereocenters. The molecule has 0 radical (unpaired) electrons. The predicted octanol–water partition coefficient (Wildman–Crippen LogP) is 2.27. The first-order valence-electron chi connectivity index (χ1n) is 5.20. The van der Waals surface area contributed by atoms with Crippen LogP contribution in [0.2, 0.25) is 0 Å². The second kappa shape index (κ2) is 3.93. The third-order valence-corrected chi connectivity index (χ3v) is 2.65. The van der Waals surface area contributed by atoms with Gasteiger partial charge in [-0.25, -0.2) is 0 Å². The first kappa shape index (κ1) is 10.6. The molecule has 0 aliphatic rings. The molecule has 16 heavy (non-hydrogen) atoms. The van der Waals surface area contributed by atoms with Gasteiger partial charge >= 0.3 is 0 Å². The Hall–Kier alpha value is -1.90. The van der Waals surface area contributed by atoms with E-state index in [1.165, 1.54) is 0 Å². The standard InChI is InChI=1S/C13H14N2O/c1-9-5-4-6-10(2)12(9)13(16)11-7-8-15(3)14-11/h4-8H,1-3H3. The number of hydrogen-bond donors (Lipinski definition) is 0. The van der Waals surface area contributed by atoms with Crippen LogP contribution in [0.15, 0.2) is 30.5 Å². The van der Waals surface area contributed by atoms with Crippen molar-refractivity contribution in [2.45, 2.75) is 13.8 Å². The Kier molecular flexibility index (Phi) is 2.60. The van der Waals surface area contributed by atoms with Crippen molar-refractivity contribution >= 4 is 5.78 Å². The molecule has 0 amide bonds. The highest BCUT2D eigenvalue weighted by atomic mass is 16.1. The minimum atomic E-state index is -0.00352. The van der Waals surface area contributed by atoms with Gasteiger partial charge in [0.15, 0.2) is 0 Å². The maximum absolute atomic E-state index is 12.2. The molecule has 0 saturated heterocycles. The lowest BCUT2D eigenvalue weighted by molar-refractivity contribution is 0.103. The van der Waals surface area contributed by atoms with E-state index in [1.807, 2.05) is 39.1 Å². The smallest absolute Gasteiger partial charge is 0.213 e. The van der Waals surface area contributed by atoms with Gasteiger partial charge in [0.05, 0.1) is 0 Å². The van der Waals surface area contributed by atoms with Gasteiger partial charge in [-0.1, -0.05) is 18.2 Å². The van der Waals surface area contributed by atoms with Gasteiger partial charge < -0.3 is 0 Å². The third kappa shape index (κ3) is 1.76. The quantitative estimate of drug-likeness (QED) is 0.719. The molecule has 2 aromatic rings. The molecule has 0 bridgehead atoms. The average Bonchev–Trinajstić information content (AvgIpc) is 2.64. The summed E-state index contributed by atoms with van der Waals surface area (Å²) in [5, 5.41) is 4.14. The van der Waals surface area contributed by atoms with Crippen molar-refractivity contribution in [3.05, 3.63) is 52.8 Å². The van der Waals surface area contributed by atoms with Gasteiger partial charge in [0, 0.05) is 18.8 Å². The average molecular weight is 214 g/mol. The molecule has 0 fully saturated rings. The third-order valence-electron chi connectivity index (χ3n) is 2.65. The lowest BCUT2D eigenvalue weighted by Crippen LogP contribution is -2.07. The largest absolute Gasteiger partial charge is 0.287 e. The van der Waals surface area contributed by atoms with Crippen LogP contribution in [0.25, 0.3) is 0 Å². The van der Waals surface area contributed by atoms with Gasteiger partial charge in [0.1, 0.15) is 5.69 Å². The van der Waals surface area contributed by atoms with Gasteiger partial charge in [0.2, 0.25) is 5.78 Å². The fourth-order valence-electron chi connectivity index (χ4n) is 1.84. The highest BCUT2D eigenvalue weighted by molar-refractivity contribution is 6.09. The number of nitrogens with zero attached hydrogens (tertiary/aromatic N) is 2. The lowest BCUT2D eigenvalue weighted by atomic mass is 9.98. The van der Waals surface area contributed by atoms with E-state index >= 15 is 0 Å². The minimum Gasteiger partial charge on any atom is -0.287 e. The summed E-state index contributed by atoms with van der Waals surface area (Å²) < 4.78 is 1.64. The molecule has 1 aromatic carbocycles. The summed E-state index contributed by atoms with van der Waals surface area (Å²) in [7, 11) is 1.81. The molecule has 1 aromatic heterocycles. The van der Waals surface area contributed by atoms with E-state index in [4.69, 9.17) is 0 Å². The molecule has 82 valence electrons. The zero-order chi connectivity index (χ0) is 11.7. The number of benzene rings is 1. The Balaban J connectivity index is 2.49. The molecule has 3 nitrogen and oxygen atoms in total. The van der Waals surface area contributed by atoms with Crippen LogP contribution in [0.4, 0.5) is 0 Å². The van der Waals surface area contributed by atoms with Crippen molar-refractivity contribution in [2.24, 2.45) is 7.05 Å². The zero-order valence-electron chi connectivity index (χ0n) is 9.69. The fraction of sp³-hybridized carbons (Fsp3) is 0.231. The highest BCUT2D eigenvalue weighted by Crippen LogP contribution is 2.16. The van der Waals surface area contributed by atoms with Crippen molar-refractivity contribution in [3.63, 3.8) is 0 Å². The summed E-state index contributed by atoms with van der Waals surface area (Å²) in [6.07, 6.45) is 1.78. The Morgan fingerprint density at radius 1 is 1.19 bits per heavy atom. The second-order valence-electron chi connectivity index (χ2n) is 3.97. The second-order valence-corrected chi connectivity index (χ2v) is 3.97. The monoisotopic (exact) mass is 214 g/mol. The van der Waals surface area contributed by atoms with Gasteiger partial charge in [0.25, 0.3) is 0 Å². The SMILES string of the molecule is Cc1cccc(C)c1C(=O)c1ccn(C)n1. The van der Waals surface area contributed by atoms with E-state index in [0.717, 1.165) is 16.7 Å². The van der Waals surface area contributed by atoms with Crippen molar-refractivity contribution in [1.82, 2.24) is 9.78 Å². The van der Waals surface area contributed by atoms with Crippen LogP contribution in [-0.2, 0) is 7.05 Å². The van der Waals surface area contributed by atoms with Crippen molar-refractivity contribution in [1.29, 1.82) is 0 Å². The topological polar surface area (TPSA) is 34.9 Å². The van der Waals surface area contributed by atoms with E-state index in [1.54, 1.807) is 16.9 Å². The van der Waals surface area contributed by atoms with Crippen LogP contribution in [0.5, 0.6) is 0 Å². The van der Waals surface area contributed by atoms with Crippen LogP contribution >= 0.6 is 0 Å². The van der Waals surface area contributed by atoms with Crippen molar-refractivity contribution < 1.29 is 4.79 Å². The summed E-state index contributed by atoms with van der Waals surface area (Å²) in [6.45, 7) is 3.90. The van der Waals surface area contributed by atoms with Crippen LogP contribution in [0, 0.1) is 13.8 Å². The van der Waals surface area contributed by atoms with Gasteiger partial charge in [-0.2, -0.15) is 5.10 Å². The summed E-state index contributed by atoms with van der Waals surface area (Å²) in [5.41, 5.74) is 3.26. The molecule has 0 N–H and O–H groups in total. The number of ketones is 1. The van der Waals surface area contributed by atoms with E-state index in [2.05, 4.69) is 5.10 Å².